The normalized spacial score (nSPS) is 12.1. The molecule has 3 aromatic carbocycles. The van der Waals surface area contributed by atoms with Gasteiger partial charge in [0.05, 0.1) is 33.9 Å². The van der Waals surface area contributed by atoms with Crippen molar-refractivity contribution in [1.29, 1.82) is 0 Å². The van der Waals surface area contributed by atoms with Crippen molar-refractivity contribution in [3.8, 4) is 44.8 Å². The smallest absolute Gasteiger partial charge is 0.150 e. The minimum atomic E-state index is 0.620. The van der Waals surface area contributed by atoms with Crippen LogP contribution in [0.3, 0.4) is 0 Å². The molecule has 2 aliphatic rings. The van der Waals surface area contributed by atoms with Crippen molar-refractivity contribution in [3.05, 3.63) is 147 Å². The van der Waals surface area contributed by atoms with Crippen LogP contribution in [-0.4, -0.2) is 35.8 Å². The maximum Gasteiger partial charge on any atom is 0.150 e. The largest absolute Gasteiger partial charge is 0.354 e. The number of imidazole rings is 1. The van der Waals surface area contributed by atoms with E-state index in [0.717, 1.165) is 95.9 Å². The zero-order chi connectivity index (χ0) is 38.8. The number of H-pyrrole nitrogens is 2. The van der Waals surface area contributed by atoms with Crippen LogP contribution in [-0.2, 0) is 7.05 Å². The van der Waals surface area contributed by atoms with Gasteiger partial charge in [-0.05, 0) is 129 Å². The Balaban J connectivity index is 1.51. The van der Waals surface area contributed by atoms with E-state index < -0.39 is 0 Å². The lowest BCUT2D eigenvalue weighted by atomic mass is 9.92. The van der Waals surface area contributed by atoms with Gasteiger partial charge in [0.1, 0.15) is 12.1 Å². The molecule has 6 heterocycles. The van der Waals surface area contributed by atoms with Crippen LogP contribution < -0.4 is 0 Å². The Morgan fingerprint density at radius 3 is 1.36 bits per heavy atom. The summed E-state index contributed by atoms with van der Waals surface area (Å²) in [7, 11) is 2.02. The average Bonchev–Trinajstić information content (AvgIpc) is 4.02. The predicted octanol–water partition coefficient (Wildman–Crippen LogP) is 11.7. The summed E-state index contributed by atoms with van der Waals surface area (Å²) in [5.41, 5.74) is 22.0. The lowest BCUT2D eigenvalue weighted by Gasteiger charge is -2.13. The molecule has 2 aliphatic heterocycles. The van der Waals surface area contributed by atoms with Gasteiger partial charge in [0, 0.05) is 58.2 Å². The second kappa shape index (κ2) is 13.5. The molecule has 0 saturated heterocycles. The molecule has 0 saturated carbocycles. The third-order valence-electron chi connectivity index (χ3n) is 11.0. The summed E-state index contributed by atoms with van der Waals surface area (Å²) in [5, 5.41) is 0. The highest BCUT2D eigenvalue weighted by molar-refractivity contribution is 6.00. The Labute approximate surface area is 326 Å². The SMILES string of the molecule is Cc1cc(C)c(-c2c3nc(c(-c4nccn4C)c4ccc([nH]4)c(-c4c(C)cc(C)cc4C)c4nc(c(-c5ccc(C=O)cc5)c5ccc2[nH]5)C=C4)C=C3)c(C)c1. The number of nitrogens with one attached hydrogen (secondary N) is 2. The molecule has 0 atom stereocenters. The predicted molar refractivity (Wildman–Crippen MR) is 231 cm³/mol. The minimum Gasteiger partial charge on any atom is -0.354 e. The molecule has 0 unspecified atom stereocenters. The number of aldehydes is 1. The van der Waals surface area contributed by atoms with Crippen LogP contribution in [0.4, 0.5) is 0 Å². The van der Waals surface area contributed by atoms with Crippen molar-refractivity contribution in [2.24, 2.45) is 7.05 Å². The summed E-state index contributed by atoms with van der Waals surface area (Å²) >= 11 is 0. The molecule has 7 aromatic rings. The van der Waals surface area contributed by atoms with E-state index >= 15 is 0 Å². The molecule has 8 bridgehead atoms. The molecule has 7 nitrogen and oxygen atoms in total. The molecule has 0 amide bonds. The van der Waals surface area contributed by atoms with E-state index in [1.807, 2.05) is 48.3 Å². The Morgan fingerprint density at radius 2 is 0.929 bits per heavy atom. The highest BCUT2D eigenvalue weighted by Crippen LogP contribution is 2.41. The summed E-state index contributed by atoms with van der Waals surface area (Å²) in [6, 6.07) is 25.2. The van der Waals surface area contributed by atoms with Gasteiger partial charge >= 0.3 is 0 Å². The molecule has 56 heavy (non-hydrogen) atoms. The lowest BCUT2D eigenvalue weighted by molar-refractivity contribution is 0.112. The number of rotatable bonds is 5. The summed E-state index contributed by atoms with van der Waals surface area (Å²) in [5.74, 6) is 0.813. The van der Waals surface area contributed by atoms with Crippen molar-refractivity contribution in [3.63, 3.8) is 0 Å². The third-order valence-corrected chi connectivity index (χ3v) is 11.0. The first-order valence-corrected chi connectivity index (χ1v) is 18.9. The van der Waals surface area contributed by atoms with Crippen molar-refractivity contribution in [2.75, 3.05) is 0 Å². The van der Waals surface area contributed by atoms with Crippen LogP contribution in [0.5, 0.6) is 0 Å². The minimum absolute atomic E-state index is 0.620. The van der Waals surface area contributed by atoms with E-state index in [-0.39, 0.29) is 0 Å². The Hall–Kier alpha value is -6.86. The number of hydrogen-bond acceptors (Lipinski definition) is 4. The van der Waals surface area contributed by atoms with Gasteiger partial charge in [-0.1, -0.05) is 59.7 Å². The van der Waals surface area contributed by atoms with Crippen molar-refractivity contribution in [2.45, 2.75) is 41.5 Å². The Kier molecular flexibility index (Phi) is 8.39. The first-order chi connectivity index (χ1) is 27.1. The van der Waals surface area contributed by atoms with E-state index in [9.17, 15) is 4.79 Å². The number of nitrogens with zero attached hydrogens (tertiary/aromatic N) is 4. The molecule has 9 rings (SSSR count). The highest BCUT2D eigenvalue weighted by Gasteiger charge is 2.22. The van der Waals surface area contributed by atoms with Crippen LogP contribution in [0.15, 0.2) is 85.2 Å². The number of carbonyl (C=O) groups excluding carboxylic acids is 1. The number of aromatic nitrogens is 6. The van der Waals surface area contributed by atoms with Crippen LogP contribution in [0.25, 0.3) is 91.1 Å². The topological polar surface area (TPSA) is 92.2 Å². The third kappa shape index (κ3) is 5.84. The van der Waals surface area contributed by atoms with E-state index in [1.54, 1.807) is 0 Å². The van der Waals surface area contributed by atoms with Gasteiger partial charge in [0.25, 0.3) is 0 Å². The molecular formula is C49H42N6O. The first kappa shape index (κ1) is 34.9. The van der Waals surface area contributed by atoms with Gasteiger partial charge in [0.2, 0.25) is 0 Å². The van der Waals surface area contributed by atoms with Crippen molar-refractivity contribution < 1.29 is 4.79 Å². The molecule has 0 spiro atoms. The van der Waals surface area contributed by atoms with Crippen LogP contribution in [0, 0.1) is 41.5 Å². The van der Waals surface area contributed by atoms with Gasteiger partial charge in [-0.25, -0.2) is 15.0 Å². The fourth-order valence-corrected chi connectivity index (χ4v) is 8.75. The zero-order valence-electron chi connectivity index (χ0n) is 32.7. The second-order valence-corrected chi connectivity index (χ2v) is 15.2. The van der Waals surface area contributed by atoms with Gasteiger partial charge < -0.3 is 14.5 Å². The maximum absolute atomic E-state index is 11.7. The monoisotopic (exact) mass is 730 g/mol. The first-order valence-electron chi connectivity index (χ1n) is 18.9. The summed E-state index contributed by atoms with van der Waals surface area (Å²) in [4.78, 5) is 35.1. The van der Waals surface area contributed by atoms with Gasteiger partial charge in [-0.3, -0.25) is 4.79 Å². The Morgan fingerprint density at radius 1 is 0.518 bits per heavy atom. The number of hydrogen-bond donors (Lipinski definition) is 2. The highest BCUT2D eigenvalue weighted by atomic mass is 16.1. The number of fused-ring (bicyclic) bond motifs is 8. The zero-order valence-corrected chi connectivity index (χ0v) is 32.7. The quantitative estimate of drug-likeness (QED) is 0.172. The van der Waals surface area contributed by atoms with Crippen LogP contribution >= 0.6 is 0 Å². The summed E-state index contributed by atoms with van der Waals surface area (Å²) in [6.07, 6.45) is 13.1. The summed E-state index contributed by atoms with van der Waals surface area (Å²) < 4.78 is 2.04. The summed E-state index contributed by atoms with van der Waals surface area (Å²) in [6.45, 7) is 13.0. The lowest BCUT2D eigenvalue weighted by Crippen LogP contribution is -1.96. The Bertz CT molecular complexity index is 2900. The fourth-order valence-electron chi connectivity index (χ4n) is 8.75. The molecule has 0 aliphatic carbocycles. The molecule has 0 fully saturated rings. The van der Waals surface area contributed by atoms with E-state index in [0.29, 0.717) is 5.56 Å². The number of aromatic amines is 2. The van der Waals surface area contributed by atoms with Crippen molar-refractivity contribution >= 4 is 52.7 Å². The molecule has 2 N–H and O–H groups in total. The molecular weight excluding hydrogens is 689 g/mol. The molecule has 0 radical (unpaired) electrons. The fraction of sp³-hybridized carbons (Fsp3) is 0.143. The van der Waals surface area contributed by atoms with Gasteiger partial charge in [-0.2, -0.15) is 0 Å². The van der Waals surface area contributed by atoms with E-state index in [4.69, 9.17) is 15.0 Å². The van der Waals surface area contributed by atoms with Gasteiger partial charge in [0.15, 0.2) is 0 Å². The van der Waals surface area contributed by atoms with E-state index in [2.05, 4.69) is 124 Å². The van der Waals surface area contributed by atoms with E-state index in [1.165, 1.54) is 33.4 Å². The number of aryl methyl sites for hydroxylation is 7. The number of carbonyl (C=O) groups is 1. The second-order valence-electron chi connectivity index (χ2n) is 15.2. The number of benzene rings is 3. The van der Waals surface area contributed by atoms with Crippen molar-refractivity contribution in [1.82, 2.24) is 29.5 Å². The van der Waals surface area contributed by atoms with Crippen LogP contribution in [0.2, 0.25) is 0 Å². The average molecular weight is 731 g/mol. The van der Waals surface area contributed by atoms with Crippen LogP contribution in [0.1, 0.15) is 66.5 Å². The maximum atomic E-state index is 11.7. The van der Waals surface area contributed by atoms with Gasteiger partial charge in [-0.15, -0.1) is 0 Å². The standard InChI is InChI=1S/C49H42N6O/c1-27-22-29(3)43(30(4)23-27)46-37-14-12-35(51-37)45(34-10-8-33(26-56)9-11-34)36-13-15-38(52-36)47(44-31(5)24-28(2)25-32(44)6)40-17-19-42(54-40)48(41-18-16-39(46)53-41)49-50-20-21-55(49)7/h8-26,51,54H,1-7H3. The molecule has 7 heteroatoms. The molecule has 4 aromatic heterocycles. The molecule has 274 valence electrons.